The number of alkyl halides is 1. The lowest BCUT2D eigenvalue weighted by Crippen LogP contribution is -2.10. The molecule has 0 aliphatic rings. The van der Waals surface area contributed by atoms with Crippen LogP contribution in [0.4, 0.5) is 5.69 Å². The number of carboxylic acids is 1. The Morgan fingerprint density at radius 3 is 2.72 bits per heavy atom. The van der Waals surface area contributed by atoms with E-state index < -0.39 is 16.3 Å². The van der Waals surface area contributed by atoms with Crippen LogP contribution in [0.15, 0.2) is 18.2 Å². The van der Waals surface area contributed by atoms with Gasteiger partial charge in [0.1, 0.15) is 0 Å². The van der Waals surface area contributed by atoms with Crippen molar-refractivity contribution in [1.82, 2.24) is 0 Å². The number of aryl methyl sites for hydroxylation is 1. The molecule has 1 rings (SSSR count). The zero-order valence-electron chi connectivity index (χ0n) is 9.93. The highest BCUT2D eigenvalue weighted by molar-refractivity contribution is 6.21. The van der Waals surface area contributed by atoms with E-state index in [4.69, 9.17) is 16.7 Å². The average Bonchev–Trinajstić information content (AvgIpc) is 2.27. The molecule has 18 heavy (non-hydrogen) atoms. The number of rotatable bonds is 6. The molecule has 0 radical (unpaired) electrons. The van der Waals surface area contributed by atoms with Gasteiger partial charge in [0, 0.05) is 17.0 Å². The maximum Gasteiger partial charge on any atom is 0.304 e. The van der Waals surface area contributed by atoms with Gasteiger partial charge in [-0.3, -0.25) is 14.9 Å². The third-order valence-electron chi connectivity index (χ3n) is 2.58. The van der Waals surface area contributed by atoms with Gasteiger partial charge in [0.05, 0.1) is 11.3 Å². The molecule has 0 amide bonds. The number of carboxylic acid groups (broad SMARTS) is 1. The van der Waals surface area contributed by atoms with Crippen LogP contribution in [0, 0.1) is 10.1 Å². The van der Waals surface area contributed by atoms with E-state index in [1.54, 1.807) is 12.1 Å². The van der Waals surface area contributed by atoms with Crippen molar-refractivity contribution in [3.8, 4) is 0 Å². The van der Waals surface area contributed by atoms with Crippen LogP contribution in [-0.2, 0) is 17.6 Å². The number of nitro groups is 1. The molecule has 0 aliphatic heterocycles. The predicted molar refractivity (Wildman–Crippen MR) is 68.1 cm³/mol. The minimum absolute atomic E-state index is 0.0641. The summed E-state index contributed by atoms with van der Waals surface area (Å²) < 4.78 is 0. The number of aliphatic carboxylic acids is 1. The maximum atomic E-state index is 10.9. The molecule has 5 nitrogen and oxygen atoms in total. The fourth-order valence-electron chi connectivity index (χ4n) is 1.72. The van der Waals surface area contributed by atoms with Gasteiger partial charge in [-0.2, -0.15) is 0 Å². The van der Waals surface area contributed by atoms with Gasteiger partial charge < -0.3 is 5.11 Å². The number of hydrogen-bond donors (Lipinski definition) is 1. The monoisotopic (exact) mass is 271 g/mol. The van der Waals surface area contributed by atoms with Crippen molar-refractivity contribution in [2.24, 2.45) is 0 Å². The predicted octanol–water partition coefficient (Wildman–Crippen LogP) is 2.78. The highest BCUT2D eigenvalue weighted by atomic mass is 35.5. The highest BCUT2D eigenvalue weighted by Gasteiger charge is 2.16. The first kappa shape index (κ1) is 14.4. The molecule has 0 fully saturated rings. The summed E-state index contributed by atoms with van der Waals surface area (Å²) in [6, 6.07) is 4.91. The summed E-state index contributed by atoms with van der Waals surface area (Å²) in [5, 5.41) is 18.9. The zero-order chi connectivity index (χ0) is 13.7. The number of halogens is 1. The van der Waals surface area contributed by atoms with Gasteiger partial charge in [-0.15, -0.1) is 11.6 Å². The molecule has 1 aromatic carbocycles. The molecule has 0 saturated heterocycles. The smallest absolute Gasteiger partial charge is 0.304 e. The van der Waals surface area contributed by atoms with Crippen molar-refractivity contribution >= 4 is 23.3 Å². The first-order valence-electron chi connectivity index (χ1n) is 5.56. The van der Waals surface area contributed by atoms with E-state index in [9.17, 15) is 14.9 Å². The molecule has 1 unspecified atom stereocenters. The average molecular weight is 272 g/mol. The van der Waals surface area contributed by atoms with E-state index in [2.05, 4.69) is 0 Å². The van der Waals surface area contributed by atoms with E-state index in [-0.39, 0.29) is 12.1 Å². The Hall–Kier alpha value is -1.62. The summed E-state index contributed by atoms with van der Waals surface area (Å²) in [6.07, 6.45) is 0.722. The summed E-state index contributed by atoms with van der Waals surface area (Å²) in [5.41, 5.74) is 1.41. The molecule has 98 valence electrons. The highest BCUT2D eigenvalue weighted by Crippen LogP contribution is 2.22. The van der Waals surface area contributed by atoms with Crippen molar-refractivity contribution in [3.63, 3.8) is 0 Å². The normalized spacial score (nSPS) is 12.1. The Kier molecular flexibility index (Phi) is 5.09. The molecule has 0 aliphatic carbocycles. The molecule has 0 spiro atoms. The van der Waals surface area contributed by atoms with E-state index in [0.717, 1.165) is 0 Å². The van der Waals surface area contributed by atoms with Gasteiger partial charge >= 0.3 is 5.97 Å². The first-order valence-corrected chi connectivity index (χ1v) is 5.99. The number of nitro benzene ring substituents is 1. The molecule has 1 aromatic rings. The fourth-order valence-corrected chi connectivity index (χ4v) is 2.03. The van der Waals surface area contributed by atoms with Gasteiger partial charge in [-0.1, -0.05) is 19.1 Å². The second-order valence-electron chi connectivity index (χ2n) is 3.97. The van der Waals surface area contributed by atoms with Crippen LogP contribution in [0.2, 0.25) is 0 Å². The van der Waals surface area contributed by atoms with Gasteiger partial charge in [-0.25, -0.2) is 0 Å². The lowest BCUT2D eigenvalue weighted by molar-refractivity contribution is -0.385. The van der Waals surface area contributed by atoms with Gasteiger partial charge in [0.25, 0.3) is 5.69 Å². The van der Waals surface area contributed by atoms with Crippen LogP contribution in [0.3, 0.4) is 0 Å². The van der Waals surface area contributed by atoms with Crippen LogP contribution in [0.25, 0.3) is 0 Å². The second-order valence-corrected chi connectivity index (χ2v) is 4.59. The zero-order valence-corrected chi connectivity index (χ0v) is 10.7. The lowest BCUT2D eigenvalue weighted by atomic mass is 10.0. The standard InChI is InChI=1S/C12H14ClNO4/c1-2-9-4-3-8(6-11(9)14(17)18)5-10(13)7-12(15)16/h3-4,6,10H,2,5,7H2,1H3,(H,15,16). The van der Waals surface area contributed by atoms with Crippen LogP contribution in [-0.4, -0.2) is 21.4 Å². The van der Waals surface area contributed by atoms with E-state index in [0.29, 0.717) is 24.0 Å². The third kappa shape index (κ3) is 4.00. The largest absolute Gasteiger partial charge is 0.481 e. The fraction of sp³-hybridized carbons (Fsp3) is 0.417. The topological polar surface area (TPSA) is 80.4 Å². The molecule has 0 bridgehead atoms. The number of carbonyl (C=O) groups is 1. The van der Waals surface area contributed by atoms with Gasteiger partial charge in [-0.05, 0) is 18.4 Å². The van der Waals surface area contributed by atoms with Crippen molar-refractivity contribution in [2.45, 2.75) is 31.6 Å². The Balaban J connectivity index is 2.88. The van der Waals surface area contributed by atoms with Crippen molar-refractivity contribution in [3.05, 3.63) is 39.4 Å². The number of benzene rings is 1. The molecule has 1 N–H and O–H groups in total. The number of hydrogen-bond acceptors (Lipinski definition) is 3. The van der Waals surface area contributed by atoms with Crippen molar-refractivity contribution < 1.29 is 14.8 Å². The SMILES string of the molecule is CCc1ccc(CC(Cl)CC(=O)O)cc1[N+](=O)[O-]. The maximum absolute atomic E-state index is 10.9. The molecule has 0 saturated carbocycles. The second kappa shape index (κ2) is 6.35. The van der Waals surface area contributed by atoms with Crippen molar-refractivity contribution in [2.75, 3.05) is 0 Å². The number of nitrogens with zero attached hydrogens (tertiary/aromatic N) is 1. The summed E-state index contributed by atoms with van der Waals surface area (Å²) in [6.45, 7) is 1.84. The molecular formula is C12H14ClNO4. The summed E-state index contributed by atoms with van der Waals surface area (Å²) in [4.78, 5) is 20.9. The molecular weight excluding hydrogens is 258 g/mol. The Morgan fingerprint density at radius 1 is 1.56 bits per heavy atom. The summed E-state index contributed by atoms with van der Waals surface area (Å²) >= 11 is 5.87. The minimum Gasteiger partial charge on any atom is -0.481 e. The quantitative estimate of drug-likeness (QED) is 0.490. The first-order chi connectivity index (χ1) is 8.43. The van der Waals surface area contributed by atoms with E-state index >= 15 is 0 Å². The van der Waals surface area contributed by atoms with Crippen LogP contribution >= 0.6 is 11.6 Å². The van der Waals surface area contributed by atoms with Crippen LogP contribution in [0.1, 0.15) is 24.5 Å². The van der Waals surface area contributed by atoms with Crippen molar-refractivity contribution in [1.29, 1.82) is 0 Å². The van der Waals surface area contributed by atoms with E-state index in [1.165, 1.54) is 6.07 Å². The molecule has 0 heterocycles. The summed E-state index contributed by atoms with van der Waals surface area (Å²) in [5.74, 6) is -0.977. The van der Waals surface area contributed by atoms with Crippen LogP contribution < -0.4 is 0 Å². The molecule has 1 atom stereocenters. The Bertz CT molecular complexity index is 461. The van der Waals surface area contributed by atoms with Gasteiger partial charge in [0.15, 0.2) is 0 Å². The third-order valence-corrected chi connectivity index (χ3v) is 2.89. The molecule has 6 heteroatoms. The minimum atomic E-state index is -0.977. The lowest BCUT2D eigenvalue weighted by Gasteiger charge is -2.08. The van der Waals surface area contributed by atoms with Crippen LogP contribution in [0.5, 0.6) is 0 Å². The molecule has 0 aromatic heterocycles. The summed E-state index contributed by atoms with van der Waals surface area (Å²) in [7, 11) is 0. The van der Waals surface area contributed by atoms with E-state index in [1.807, 2.05) is 6.92 Å². The van der Waals surface area contributed by atoms with Gasteiger partial charge in [0.2, 0.25) is 0 Å². The Morgan fingerprint density at radius 2 is 2.22 bits per heavy atom. The Labute approximate surface area is 110 Å².